The predicted molar refractivity (Wildman–Crippen MR) is 99.2 cm³/mol. The van der Waals surface area contributed by atoms with Gasteiger partial charge in [-0.15, -0.1) is 11.8 Å². The highest BCUT2D eigenvalue weighted by Crippen LogP contribution is 2.31. The molecule has 0 aliphatic carbocycles. The predicted octanol–water partition coefficient (Wildman–Crippen LogP) is 4.70. The minimum absolute atomic E-state index is 0.174. The molecule has 1 N–H and O–H groups in total. The number of hydrogen-bond donors (Lipinski definition) is 1. The molecule has 0 aromatic heterocycles. The van der Waals surface area contributed by atoms with E-state index in [9.17, 15) is 4.79 Å². The fourth-order valence-electron chi connectivity index (χ4n) is 2.86. The van der Waals surface area contributed by atoms with Gasteiger partial charge in [-0.3, -0.25) is 4.79 Å². The molecule has 0 spiro atoms. The summed E-state index contributed by atoms with van der Waals surface area (Å²) in [6.45, 7) is 4.17. The number of nitrogens with one attached hydrogen (secondary N) is 1. The van der Waals surface area contributed by atoms with Gasteiger partial charge in [0.2, 0.25) is 0 Å². The second-order valence-corrected chi connectivity index (χ2v) is 6.76. The highest BCUT2D eigenvalue weighted by atomic mass is 35.5. The fourth-order valence-corrected chi connectivity index (χ4v) is 3.50. The Balaban J connectivity index is 1.84. The van der Waals surface area contributed by atoms with Crippen LogP contribution in [0.5, 0.6) is 0 Å². The number of benzene rings is 2. The Hall–Kier alpha value is -1.65. The van der Waals surface area contributed by atoms with E-state index >= 15 is 0 Å². The molecule has 2 aromatic carbocycles. The zero-order chi connectivity index (χ0) is 16.4. The van der Waals surface area contributed by atoms with Crippen LogP contribution in [0.2, 0.25) is 5.02 Å². The van der Waals surface area contributed by atoms with Crippen LogP contribution in [0.3, 0.4) is 0 Å². The first-order valence-electron chi connectivity index (χ1n) is 7.65. The Morgan fingerprint density at radius 3 is 2.87 bits per heavy atom. The average Bonchev–Trinajstić information content (AvgIpc) is 2.97. The van der Waals surface area contributed by atoms with E-state index < -0.39 is 0 Å². The molecule has 5 heteroatoms. The van der Waals surface area contributed by atoms with Crippen LogP contribution in [0.25, 0.3) is 0 Å². The molecular weight excluding hydrogens is 328 g/mol. The zero-order valence-corrected chi connectivity index (χ0v) is 14.8. The van der Waals surface area contributed by atoms with Crippen LogP contribution in [0.4, 0.5) is 11.4 Å². The van der Waals surface area contributed by atoms with Crippen molar-refractivity contribution in [1.29, 1.82) is 0 Å². The van der Waals surface area contributed by atoms with E-state index in [-0.39, 0.29) is 5.91 Å². The van der Waals surface area contributed by atoms with Crippen molar-refractivity contribution in [2.45, 2.75) is 18.2 Å². The van der Waals surface area contributed by atoms with Crippen LogP contribution in [-0.4, -0.2) is 25.3 Å². The smallest absolute Gasteiger partial charge is 0.257 e. The average molecular weight is 347 g/mol. The first kappa shape index (κ1) is 16.2. The van der Waals surface area contributed by atoms with Gasteiger partial charge >= 0.3 is 0 Å². The number of hydrogen-bond acceptors (Lipinski definition) is 3. The third kappa shape index (κ3) is 3.33. The molecule has 120 valence electrons. The summed E-state index contributed by atoms with van der Waals surface area (Å²) in [5.74, 6) is -0.174. The minimum atomic E-state index is -0.174. The molecule has 1 amide bonds. The zero-order valence-electron chi connectivity index (χ0n) is 13.2. The van der Waals surface area contributed by atoms with E-state index in [0.29, 0.717) is 10.6 Å². The lowest BCUT2D eigenvalue weighted by atomic mass is 10.1. The molecule has 1 heterocycles. The second-order valence-electron chi connectivity index (χ2n) is 5.47. The monoisotopic (exact) mass is 346 g/mol. The Morgan fingerprint density at radius 2 is 2.13 bits per heavy atom. The molecule has 0 unspecified atom stereocenters. The summed E-state index contributed by atoms with van der Waals surface area (Å²) in [4.78, 5) is 15.9. The molecule has 0 bridgehead atoms. The van der Waals surface area contributed by atoms with Crippen molar-refractivity contribution in [3.8, 4) is 0 Å². The summed E-state index contributed by atoms with van der Waals surface area (Å²) in [6, 6.07) is 11.6. The first-order chi connectivity index (χ1) is 11.1. The molecule has 3 rings (SSSR count). The van der Waals surface area contributed by atoms with E-state index in [2.05, 4.69) is 29.3 Å². The summed E-state index contributed by atoms with van der Waals surface area (Å²) in [5, 5.41) is 3.43. The summed E-state index contributed by atoms with van der Waals surface area (Å²) < 4.78 is 0. The van der Waals surface area contributed by atoms with E-state index in [1.807, 2.05) is 24.5 Å². The van der Waals surface area contributed by atoms with Crippen molar-refractivity contribution < 1.29 is 4.79 Å². The quantitative estimate of drug-likeness (QED) is 0.814. The summed E-state index contributed by atoms with van der Waals surface area (Å²) in [7, 11) is 0. The molecule has 2 aromatic rings. The van der Waals surface area contributed by atoms with Crippen LogP contribution < -0.4 is 10.2 Å². The lowest BCUT2D eigenvalue weighted by molar-refractivity contribution is 0.102. The molecule has 0 saturated carbocycles. The maximum Gasteiger partial charge on any atom is 0.257 e. The van der Waals surface area contributed by atoms with E-state index in [0.717, 1.165) is 30.1 Å². The number of rotatable bonds is 4. The van der Waals surface area contributed by atoms with Gasteiger partial charge in [0.1, 0.15) is 0 Å². The molecule has 1 aliphatic heterocycles. The maximum absolute atomic E-state index is 12.5. The second kappa shape index (κ2) is 6.85. The van der Waals surface area contributed by atoms with Crippen LogP contribution in [0, 0.1) is 0 Å². The number of nitrogens with zero attached hydrogens (tertiary/aromatic N) is 1. The van der Waals surface area contributed by atoms with E-state index in [4.69, 9.17) is 11.6 Å². The number of carbonyl (C=O) groups excluding carboxylic acids is 1. The van der Waals surface area contributed by atoms with Gasteiger partial charge < -0.3 is 10.2 Å². The van der Waals surface area contributed by atoms with Crippen LogP contribution in [0.15, 0.2) is 41.3 Å². The van der Waals surface area contributed by atoms with Crippen LogP contribution >= 0.6 is 23.4 Å². The normalized spacial score (nSPS) is 13.1. The number of fused-ring (bicyclic) bond motifs is 1. The topological polar surface area (TPSA) is 32.3 Å². The van der Waals surface area contributed by atoms with Gasteiger partial charge in [-0.25, -0.2) is 0 Å². The molecule has 0 radical (unpaired) electrons. The SMILES string of the molecule is CCN1CCc2ccc(NC(=O)c3cc(SC)ccc3Cl)cc21. The van der Waals surface area contributed by atoms with Gasteiger partial charge in [0.15, 0.2) is 0 Å². The van der Waals surface area contributed by atoms with Crippen molar-refractivity contribution in [3.63, 3.8) is 0 Å². The fraction of sp³-hybridized carbons (Fsp3) is 0.278. The number of thioether (sulfide) groups is 1. The Labute approximate surface area is 146 Å². The largest absolute Gasteiger partial charge is 0.371 e. The third-order valence-corrected chi connectivity index (χ3v) is 5.19. The number of amides is 1. The van der Waals surface area contributed by atoms with Crippen molar-refractivity contribution in [1.82, 2.24) is 0 Å². The lowest BCUT2D eigenvalue weighted by Gasteiger charge is -2.17. The van der Waals surface area contributed by atoms with Crippen LogP contribution in [-0.2, 0) is 6.42 Å². The number of anilines is 2. The van der Waals surface area contributed by atoms with Crippen molar-refractivity contribution in [2.75, 3.05) is 29.6 Å². The van der Waals surface area contributed by atoms with Crippen molar-refractivity contribution >= 4 is 40.6 Å². The molecule has 0 fully saturated rings. The van der Waals surface area contributed by atoms with Crippen molar-refractivity contribution in [3.05, 3.63) is 52.5 Å². The summed E-state index contributed by atoms with van der Waals surface area (Å²) in [5.41, 5.74) is 3.87. The summed E-state index contributed by atoms with van der Waals surface area (Å²) in [6.07, 6.45) is 3.05. The highest BCUT2D eigenvalue weighted by Gasteiger charge is 2.19. The molecule has 23 heavy (non-hydrogen) atoms. The minimum Gasteiger partial charge on any atom is -0.371 e. The Kier molecular flexibility index (Phi) is 4.83. The van der Waals surface area contributed by atoms with Gasteiger partial charge in [0.25, 0.3) is 5.91 Å². The number of halogens is 1. The Morgan fingerprint density at radius 1 is 1.30 bits per heavy atom. The van der Waals surface area contributed by atoms with Crippen LogP contribution in [0.1, 0.15) is 22.8 Å². The van der Waals surface area contributed by atoms with Gasteiger partial charge in [-0.2, -0.15) is 0 Å². The van der Waals surface area contributed by atoms with Gasteiger partial charge in [0, 0.05) is 29.4 Å². The maximum atomic E-state index is 12.5. The highest BCUT2D eigenvalue weighted by molar-refractivity contribution is 7.98. The van der Waals surface area contributed by atoms with Crippen molar-refractivity contribution in [2.24, 2.45) is 0 Å². The van der Waals surface area contributed by atoms with Gasteiger partial charge in [0.05, 0.1) is 10.6 Å². The van der Waals surface area contributed by atoms with E-state index in [1.54, 1.807) is 17.8 Å². The molecule has 0 saturated heterocycles. The summed E-state index contributed by atoms with van der Waals surface area (Å²) >= 11 is 7.76. The molecular formula is C18H19ClN2OS. The Bertz CT molecular complexity index is 748. The number of carbonyl (C=O) groups is 1. The molecule has 1 aliphatic rings. The van der Waals surface area contributed by atoms with E-state index in [1.165, 1.54) is 11.3 Å². The van der Waals surface area contributed by atoms with Gasteiger partial charge in [-0.1, -0.05) is 17.7 Å². The third-order valence-electron chi connectivity index (χ3n) is 4.13. The standard InChI is InChI=1S/C18H19ClN2OS/c1-3-21-9-8-12-4-5-13(10-17(12)21)20-18(22)15-11-14(23-2)6-7-16(15)19/h4-7,10-11H,3,8-9H2,1-2H3,(H,20,22). The first-order valence-corrected chi connectivity index (χ1v) is 9.25. The molecule has 0 atom stereocenters. The number of likely N-dealkylation sites (N-methyl/N-ethyl adjacent to an activating group) is 1. The lowest BCUT2D eigenvalue weighted by Crippen LogP contribution is -2.19. The molecule has 3 nitrogen and oxygen atoms in total. The van der Waals surface area contributed by atoms with Gasteiger partial charge in [-0.05, 0) is 55.5 Å².